The minimum absolute atomic E-state index is 0.628. The second-order valence-corrected chi connectivity index (χ2v) is 5.05. The van der Waals surface area contributed by atoms with Crippen molar-refractivity contribution in [2.75, 3.05) is 18.6 Å². The van der Waals surface area contributed by atoms with E-state index in [1.165, 1.54) is 16.9 Å². The van der Waals surface area contributed by atoms with Crippen LogP contribution in [-0.4, -0.2) is 18.6 Å². The van der Waals surface area contributed by atoms with Gasteiger partial charge in [-0.15, -0.1) is 0 Å². The van der Waals surface area contributed by atoms with Gasteiger partial charge in [0.25, 0.3) is 0 Å². The van der Waals surface area contributed by atoms with E-state index >= 15 is 0 Å². The molecule has 0 aliphatic rings. The van der Waals surface area contributed by atoms with Gasteiger partial charge in [-0.3, -0.25) is 0 Å². The molecule has 0 aliphatic carbocycles. The maximum absolute atomic E-state index is 3.43. The zero-order valence-electron chi connectivity index (χ0n) is 9.92. The Balaban J connectivity index is 2.36. The number of nitrogens with one attached hydrogen (secondary N) is 1. The molecule has 0 fully saturated rings. The van der Waals surface area contributed by atoms with Crippen LogP contribution in [0.15, 0.2) is 24.3 Å². The van der Waals surface area contributed by atoms with E-state index in [2.05, 4.69) is 49.7 Å². The van der Waals surface area contributed by atoms with Crippen molar-refractivity contribution in [1.82, 2.24) is 5.32 Å². The van der Waals surface area contributed by atoms with E-state index in [9.17, 15) is 0 Å². The molecule has 0 saturated carbocycles. The Morgan fingerprint density at radius 3 is 2.40 bits per heavy atom. The van der Waals surface area contributed by atoms with Crippen molar-refractivity contribution in [2.45, 2.75) is 26.3 Å². The van der Waals surface area contributed by atoms with Gasteiger partial charge in [-0.05, 0) is 23.3 Å². The van der Waals surface area contributed by atoms with E-state index < -0.39 is 0 Å². The van der Waals surface area contributed by atoms with Crippen LogP contribution in [0.5, 0.6) is 0 Å². The quantitative estimate of drug-likeness (QED) is 0.743. The average molecular weight is 223 g/mol. The molecule has 0 aliphatic heterocycles. The summed E-state index contributed by atoms with van der Waals surface area (Å²) in [5.41, 5.74) is 2.79. The minimum Gasteiger partial charge on any atom is -0.312 e. The predicted octanol–water partition coefficient (Wildman–Crippen LogP) is 3.26. The zero-order chi connectivity index (χ0) is 11.1. The van der Waals surface area contributed by atoms with E-state index in [4.69, 9.17) is 0 Å². The van der Waals surface area contributed by atoms with E-state index in [0.29, 0.717) is 5.92 Å². The van der Waals surface area contributed by atoms with Gasteiger partial charge in [0, 0.05) is 18.8 Å². The molecular weight excluding hydrogens is 202 g/mol. The van der Waals surface area contributed by atoms with Crippen molar-refractivity contribution in [3.63, 3.8) is 0 Å². The number of hydrogen-bond donors (Lipinski definition) is 1. The second kappa shape index (κ2) is 6.91. The lowest BCUT2D eigenvalue weighted by molar-refractivity contribution is 0.731. The molecule has 0 saturated heterocycles. The van der Waals surface area contributed by atoms with Crippen molar-refractivity contribution >= 4 is 11.8 Å². The summed E-state index contributed by atoms with van der Waals surface area (Å²) in [5.74, 6) is 1.81. The molecular formula is C13H21NS. The molecule has 0 spiro atoms. The standard InChI is InChI=1S/C13H21NS/c1-11(2)13-6-4-12(5-7-13)10-14-8-9-15-3/h4-7,11,14H,8-10H2,1-3H3. The van der Waals surface area contributed by atoms with Crippen LogP contribution in [0.1, 0.15) is 30.9 Å². The summed E-state index contributed by atoms with van der Waals surface area (Å²) in [6.45, 7) is 6.53. The summed E-state index contributed by atoms with van der Waals surface area (Å²) in [5, 5.41) is 3.43. The first-order valence-corrected chi connectivity index (χ1v) is 6.92. The number of rotatable bonds is 6. The highest BCUT2D eigenvalue weighted by molar-refractivity contribution is 7.98. The fraction of sp³-hybridized carbons (Fsp3) is 0.538. The lowest BCUT2D eigenvalue weighted by Gasteiger charge is -2.07. The first kappa shape index (κ1) is 12.6. The normalized spacial score (nSPS) is 10.9. The van der Waals surface area contributed by atoms with Gasteiger partial charge in [0.15, 0.2) is 0 Å². The highest BCUT2D eigenvalue weighted by Gasteiger charge is 1.98. The Kier molecular flexibility index (Phi) is 5.81. The van der Waals surface area contributed by atoms with Gasteiger partial charge in [-0.2, -0.15) is 11.8 Å². The van der Waals surface area contributed by atoms with Gasteiger partial charge in [-0.25, -0.2) is 0 Å². The molecule has 84 valence electrons. The first-order valence-electron chi connectivity index (χ1n) is 5.52. The second-order valence-electron chi connectivity index (χ2n) is 4.07. The third-order valence-corrected chi connectivity index (χ3v) is 3.07. The van der Waals surface area contributed by atoms with E-state index in [0.717, 1.165) is 13.1 Å². The SMILES string of the molecule is CSCCNCc1ccc(C(C)C)cc1. The summed E-state index contributed by atoms with van der Waals surface area (Å²) >= 11 is 1.88. The molecule has 0 unspecified atom stereocenters. The van der Waals surface area contributed by atoms with Crippen molar-refractivity contribution in [1.29, 1.82) is 0 Å². The van der Waals surface area contributed by atoms with Crippen LogP contribution >= 0.6 is 11.8 Å². The molecule has 15 heavy (non-hydrogen) atoms. The van der Waals surface area contributed by atoms with Gasteiger partial charge in [-0.1, -0.05) is 38.1 Å². The van der Waals surface area contributed by atoms with Crippen molar-refractivity contribution in [3.8, 4) is 0 Å². The molecule has 0 aromatic heterocycles. The molecule has 1 aromatic carbocycles. The predicted molar refractivity (Wildman–Crippen MR) is 70.6 cm³/mol. The van der Waals surface area contributed by atoms with Crippen LogP contribution < -0.4 is 5.32 Å². The third kappa shape index (κ3) is 4.72. The van der Waals surface area contributed by atoms with E-state index in [1.54, 1.807) is 0 Å². The summed E-state index contributed by atoms with van der Waals surface area (Å²) in [6.07, 6.45) is 2.14. The minimum atomic E-state index is 0.628. The Labute approximate surface area is 97.7 Å². The molecule has 1 N–H and O–H groups in total. The Hall–Kier alpha value is -0.470. The first-order chi connectivity index (χ1) is 7.24. The van der Waals surface area contributed by atoms with Gasteiger partial charge in [0.2, 0.25) is 0 Å². The summed E-state index contributed by atoms with van der Waals surface area (Å²) < 4.78 is 0. The van der Waals surface area contributed by atoms with Crippen LogP contribution in [0.3, 0.4) is 0 Å². The smallest absolute Gasteiger partial charge is 0.0205 e. The maximum atomic E-state index is 3.43. The van der Waals surface area contributed by atoms with Gasteiger partial charge < -0.3 is 5.32 Å². The van der Waals surface area contributed by atoms with Crippen LogP contribution in [0.4, 0.5) is 0 Å². The van der Waals surface area contributed by atoms with Crippen molar-refractivity contribution in [2.24, 2.45) is 0 Å². The summed E-state index contributed by atoms with van der Waals surface area (Å²) in [7, 11) is 0. The van der Waals surface area contributed by atoms with Crippen molar-refractivity contribution in [3.05, 3.63) is 35.4 Å². The van der Waals surface area contributed by atoms with Crippen LogP contribution in [0, 0.1) is 0 Å². The highest BCUT2D eigenvalue weighted by atomic mass is 32.2. The molecule has 0 bridgehead atoms. The largest absolute Gasteiger partial charge is 0.312 e. The molecule has 0 amide bonds. The summed E-state index contributed by atoms with van der Waals surface area (Å²) in [4.78, 5) is 0. The zero-order valence-corrected chi connectivity index (χ0v) is 10.7. The topological polar surface area (TPSA) is 12.0 Å². The highest BCUT2D eigenvalue weighted by Crippen LogP contribution is 2.14. The maximum Gasteiger partial charge on any atom is 0.0205 e. The van der Waals surface area contributed by atoms with Gasteiger partial charge in [0.05, 0.1) is 0 Å². The summed E-state index contributed by atoms with van der Waals surface area (Å²) in [6, 6.07) is 8.91. The molecule has 0 radical (unpaired) electrons. The monoisotopic (exact) mass is 223 g/mol. The Morgan fingerprint density at radius 2 is 1.87 bits per heavy atom. The number of benzene rings is 1. The van der Waals surface area contributed by atoms with Crippen LogP contribution in [0.2, 0.25) is 0 Å². The molecule has 1 rings (SSSR count). The molecule has 2 heteroatoms. The van der Waals surface area contributed by atoms with Crippen molar-refractivity contribution < 1.29 is 0 Å². The van der Waals surface area contributed by atoms with Gasteiger partial charge in [0.1, 0.15) is 0 Å². The van der Waals surface area contributed by atoms with Crippen LogP contribution in [0.25, 0.3) is 0 Å². The lowest BCUT2D eigenvalue weighted by Crippen LogP contribution is -2.16. The molecule has 1 nitrogen and oxygen atoms in total. The van der Waals surface area contributed by atoms with Gasteiger partial charge >= 0.3 is 0 Å². The number of hydrogen-bond acceptors (Lipinski definition) is 2. The third-order valence-electron chi connectivity index (χ3n) is 2.46. The average Bonchev–Trinajstić information content (AvgIpc) is 2.25. The lowest BCUT2D eigenvalue weighted by atomic mass is 10.0. The number of thioether (sulfide) groups is 1. The fourth-order valence-electron chi connectivity index (χ4n) is 1.43. The Bertz CT molecular complexity index is 266. The fourth-order valence-corrected chi connectivity index (χ4v) is 1.78. The van der Waals surface area contributed by atoms with Crippen LogP contribution in [-0.2, 0) is 6.54 Å². The molecule has 0 atom stereocenters. The molecule has 1 aromatic rings. The molecule has 0 heterocycles. The van der Waals surface area contributed by atoms with E-state index in [1.807, 2.05) is 11.8 Å². The Morgan fingerprint density at radius 1 is 1.20 bits per heavy atom. The van der Waals surface area contributed by atoms with E-state index in [-0.39, 0.29) is 0 Å².